The summed E-state index contributed by atoms with van der Waals surface area (Å²) in [7, 11) is 0. The largest absolute Gasteiger partial charge is 0.380 e. The number of carbonyl (C=O) groups is 1. The van der Waals surface area contributed by atoms with Gasteiger partial charge in [-0.25, -0.2) is 0 Å². The van der Waals surface area contributed by atoms with Crippen molar-refractivity contribution >= 4 is 5.91 Å². The molecule has 1 amide bonds. The molecular formula is C15H30N2O3. The smallest absolute Gasteiger partial charge is 0.226 e. The average Bonchev–Trinajstić information content (AvgIpc) is 2.93. The van der Waals surface area contributed by atoms with E-state index in [-0.39, 0.29) is 11.8 Å². The summed E-state index contributed by atoms with van der Waals surface area (Å²) < 4.78 is 10.8. The molecule has 0 aromatic carbocycles. The van der Waals surface area contributed by atoms with Crippen molar-refractivity contribution in [3.63, 3.8) is 0 Å². The molecule has 20 heavy (non-hydrogen) atoms. The normalized spacial score (nSPS) is 22.1. The number of ether oxygens (including phenoxy) is 2. The van der Waals surface area contributed by atoms with Gasteiger partial charge in [0.25, 0.3) is 0 Å². The molecule has 0 aromatic rings. The van der Waals surface area contributed by atoms with E-state index in [4.69, 9.17) is 15.2 Å². The van der Waals surface area contributed by atoms with Crippen molar-refractivity contribution in [1.29, 1.82) is 0 Å². The van der Waals surface area contributed by atoms with Crippen LogP contribution in [0.1, 0.15) is 33.1 Å². The van der Waals surface area contributed by atoms with Crippen molar-refractivity contribution in [3.05, 3.63) is 0 Å². The van der Waals surface area contributed by atoms with Gasteiger partial charge in [0.15, 0.2) is 0 Å². The second-order valence-corrected chi connectivity index (χ2v) is 5.25. The van der Waals surface area contributed by atoms with Gasteiger partial charge >= 0.3 is 0 Å². The zero-order chi connectivity index (χ0) is 14.8. The third kappa shape index (κ3) is 5.38. The standard InChI is InChI=1S/C15H30N2O3/c1-3-19-10-8-17(9-11-20-4-2)15(18)14-7-5-6-13(14)12-16/h13-14H,3-12,16H2,1-2H3. The third-order valence-corrected chi connectivity index (χ3v) is 4.01. The Morgan fingerprint density at radius 3 is 2.25 bits per heavy atom. The van der Waals surface area contributed by atoms with Crippen LogP contribution in [0.2, 0.25) is 0 Å². The number of hydrogen-bond donors (Lipinski definition) is 1. The Kier molecular flexibility index (Phi) is 8.82. The summed E-state index contributed by atoms with van der Waals surface area (Å²) in [6.07, 6.45) is 3.17. The zero-order valence-corrected chi connectivity index (χ0v) is 13.0. The van der Waals surface area contributed by atoms with Crippen LogP contribution in [0.25, 0.3) is 0 Å². The van der Waals surface area contributed by atoms with Crippen LogP contribution in [0.5, 0.6) is 0 Å². The number of hydrogen-bond acceptors (Lipinski definition) is 4. The molecule has 5 nitrogen and oxygen atoms in total. The van der Waals surface area contributed by atoms with Gasteiger partial charge in [-0.05, 0) is 39.2 Å². The van der Waals surface area contributed by atoms with Crippen LogP contribution in [-0.2, 0) is 14.3 Å². The molecule has 2 atom stereocenters. The Bertz CT molecular complexity index is 264. The zero-order valence-electron chi connectivity index (χ0n) is 13.0. The SMILES string of the molecule is CCOCCN(CCOCC)C(=O)C1CCCC1CN. The van der Waals surface area contributed by atoms with E-state index in [1.165, 1.54) is 0 Å². The van der Waals surface area contributed by atoms with Crippen LogP contribution in [0.4, 0.5) is 0 Å². The topological polar surface area (TPSA) is 64.8 Å². The molecule has 2 N–H and O–H groups in total. The summed E-state index contributed by atoms with van der Waals surface area (Å²) in [4.78, 5) is 14.6. The molecule has 0 heterocycles. The Balaban J connectivity index is 2.52. The Hall–Kier alpha value is -0.650. The predicted octanol–water partition coefficient (Wildman–Crippen LogP) is 1.26. The molecular weight excluding hydrogens is 256 g/mol. The third-order valence-electron chi connectivity index (χ3n) is 4.01. The fourth-order valence-electron chi connectivity index (χ4n) is 2.85. The maximum atomic E-state index is 12.7. The van der Waals surface area contributed by atoms with E-state index in [9.17, 15) is 4.79 Å². The van der Waals surface area contributed by atoms with Crippen molar-refractivity contribution in [2.24, 2.45) is 17.6 Å². The minimum absolute atomic E-state index is 0.100. The van der Waals surface area contributed by atoms with Gasteiger partial charge in [-0.1, -0.05) is 6.42 Å². The highest BCUT2D eigenvalue weighted by atomic mass is 16.5. The van der Waals surface area contributed by atoms with Gasteiger partial charge in [0.05, 0.1) is 13.2 Å². The lowest BCUT2D eigenvalue weighted by atomic mass is 9.94. The van der Waals surface area contributed by atoms with Crippen molar-refractivity contribution < 1.29 is 14.3 Å². The molecule has 1 rings (SSSR count). The number of nitrogens with two attached hydrogens (primary N) is 1. The number of nitrogens with zero attached hydrogens (tertiary/aromatic N) is 1. The maximum Gasteiger partial charge on any atom is 0.226 e. The lowest BCUT2D eigenvalue weighted by molar-refractivity contribution is -0.138. The second kappa shape index (κ2) is 10.1. The monoisotopic (exact) mass is 286 g/mol. The van der Waals surface area contributed by atoms with Crippen LogP contribution in [0.15, 0.2) is 0 Å². The van der Waals surface area contributed by atoms with Crippen molar-refractivity contribution in [2.75, 3.05) is 46.1 Å². The van der Waals surface area contributed by atoms with Crippen LogP contribution in [-0.4, -0.2) is 56.9 Å². The number of amides is 1. The van der Waals surface area contributed by atoms with Gasteiger partial charge in [0, 0.05) is 32.2 Å². The second-order valence-electron chi connectivity index (χ2n) is 5.25. The van der Waals surface area contributed by atoms with E-state index >= 15 is 0 Å². The first-order valence-electron chi connectivity index (χ1n) is 7.88. The molecule has 1 saturated carbocycles. The highest BCUT2D eigenvalue weighted by Gasteiger charge is 2.34. The molecule has 1 fully saturated rings. The van der Waals surface area contributed by atoms with Gasteiger partial charge in [0.1, 0.15) is 0 Å². The molecule has 118 valence electrons. The van der Waals surface area contributed by atoms with E-state index in [0.717, 1.165) is 19.3 Å². The van der Waals surface area contributed by atoms with E-state index in [1.54, 1.807) is 0 Å². The molecule has 0 radical (unpaired) electrons. The summed E-state index contributed by atoms with van der Waals surface area (Å²) in [6, 6.07) is 0. The quantitative estimate of drug-likeness (QED) is 0.614. The van der Waals surface area contributed by atoms with E-state index in [0.29, 0.717) is 52.0 Å². The highest BCUT2D eigenvalue weighted by molar-refractivity contribution is 5.79. The highest BCUT2D eigenvalue weighted by Crippen LogP contribution is 2.32. The van der Waals surface area contributed by atoms with Crippen LogP contribution in [0.3, 0.4) is 0 Å². The van der Waals surface area contributed by atoms with Crippen LogP contribution < -0.4 is 5.73 Å². The molecule has 2 unspecified atom stereocenters. The average molecular weight is 286 g/mol. The summed E-state index contributed by atoms with van der Waals surface area (Å²) in [5.41, 5.74) is 5.79. The van der Waals surface area contributed by atoms with E-state index in [2.05, 4.69) is 0 Å². The first-order chi connectivity index (χ1) is 9.74. The van der Waals surface area contributed by atoms with Gasteiger partial charge in [0.2, 0.25) is 5.91 Å². The fourth-order valence-corrected chi connectivity index (χ4v) is 2.85. The van der Waals surface area contributed by atoms with Crippen molar-refractivity contribution in [2.45, 2.75) is 33.1 Å². The fraction of sp³-hybridized carbons (Fsp3) is 0.933. The van der Waals surface area contributed by atoms with Gasteiger partial charge in [-0.3, -0.25) is 4.79 Å². The van der Waals surface area contributed by atoms with Gasteiger partial charge in [-0.2, -0.15) is 0 Å². The number of carbonyl (C=O) groups excluding carboxylic acids is 1. The minimum atomic E-state index is 0.100. The summed E-state index contributed by atoms with van der Waals surface area (Å²) in [6.45, 7) is 8.39. The molecule has 0 aromatic heterocycles. The Labute approximate surface area is 122 Å². The van der Waals surface area contributed by atoms with Gasteiger partial charge < -0.3 is 20.1 Å². The van der Waals surface area contributed by atoms with Crippen molar-refractivity contribution in [3.8, 4) is 0 Å². The maximum absolute atomic E-state index is 12.7. The first kappa shape index (κ1) is 17.4. The van der Waals surface area contributed by atoms with Crippen molar-refractivity contribution in [1.82, 2.24) is 4.90 Å². The number of rotatable bonds is 10. The molecule has 0 saturated heterocycles. The molecule has 1 aliphatic rings. The lowest BCUT2D eigenvalue weighted by Crippen LogP contribution is -2.42. The summed E-state index contributed by atoms with van der Waals surface area (Å²) in [5.74, 6) is 0.685. The van der Waals surface area contributed by atoms with Gasteiger partial charge in [-0.15, -0.1) is 0 Å². The molecule has 0 aliphatic heterocycles. The van der Waals surface area contributed by atoms with E-state index in [1.807, 2.05) is 18.7 Å². The van der Waals surface area contributed by atoms with Crippen LogP contribution >= 0.6 is 0 Å². The summed E-state index contributed by atoms with van der Waals surface area (Å²) in [5, 5.41) is 0. The predicted molar refractivity (Wildman–Crippen MR) is 79.5 cm³/mol. The molecule has 0 spiro atoms. The van der Waals surface area contributed by atoms with E-state index < -0.39 is 0 Å². The Morgan fingerprint density at radius 2 is 1.75 bits per heavy atom. The Morgan fingerprint density at radius 1 is 1.15 bits per heavy atom. The first-order valence-corrected chi connectivity index (χ1v) is 7.88. The summed E-state index contributed by atoms with van der Waals surface area (Å²) >= 11 is 0. The molecule has 1 aliphatic carbocycles. The lowest BCUT2D eigenvalue weighted by Gasteiger charge is -2.28. The molecule has 5 heteroatoms. The minimum Gasteiger partial charge on any atom is -0.380 e. The molecule has 0 bridgehead atoms. The van der Waals surface area contributed by atoms with Crippen LogP contribution in [0, 0.1) is 11.8 Å².